The number of benzene rings is 1. The fourth-order valence-electron chi connectivity index (χ4n) is 1.98. The van der Waals surface area contributed by atoms with E-state index in [0.29, 0.717) is 12.8 Å². The molecule has 1 rings (SSSR count). The Morgan fingerprint density at radius 1 is 1.09 bits per heavy atom. The predicted molar refractivity (Wildman–Crippen MR) is 86.2 cm³/mol. The molecule has 1 unspecified atom stereocenters. The van der Waals surface area contributed by atoms with Crippen molar-refractivity contribution in [2.45, 2.75) is 39.7 Å². The lowest BCUT2D eigenvalue weighted by Crippen LogP contribution is -2.41. The van der Waals surface area contributed by atoms with E-state index >= 15 is 0 Å². The summed E-state index contributed by atoms with van der Waals surface area (Å²) in [5.41, 5.74) is 0.912. The lowest BCUT2D eigenvalue weighted by molar-refractivity contribution is -0.127. The van der Waals surface area contributed by atoms with E-state index in [0.717, 1.165) is 5.56 Å². The molecule has 1 atom stereocenters. The quantitative estimate of drug-likeness (QED) is 0.709. The zero-order chi connectivity index (χ0) is 16.6. The molecule has 0 radical (unpaired) electrons. The van der Waals surface area contributed by atoms with E-state index in [1.165, 1.54) is 0 Å². The van der Waals surface area contributed by atoms with Crippen LogP contribution in [0.5, 0.6) is 0 Å². The van der Waals surface area contributed by atoms with Crippen molar-refractivity contribution in [3.8, 4) is 0 Å². The smallest absolute Gasteiger partial charge is 0.239 e. The Morgan fingerprint density at radius 3 is 2.32 bits per heavy atom. The maximum Gasteiger partial charge on any atom is 0.239 e. The van der Waals surface area contributed by atoms with Crippen molar-refractivity contribution in [1.29, 1.82) is 0 Å². The normalized spacial score (nSPS) is 12.5. The molecule has 0 aromatic heterocycles. The number of rotatable bonds is 7. The summed E-state index contributed by atoms with van der Waals surface area (Å²) in [6.07, 6.45) is 0.214. The SMILES string of the molecule is CC(C)(C)CC(=O)NCC(=O)NCC(O)Cc1ccccc1. The van der Waals surface area contributed by atoms with Gasteiger partial charge in [0.1, 0.15) is 0 Å². The van der Waals surface area contributed by atoms with Gasteiger partial charge in [0.15, 0.2) is 0 Å². The number of amides is 2. The molecular weight excluding hydrogens is 280 g/mol. The number of aliphatic hydroxyl groups is 1. The van der Waals surface area contributed by atoms with E-state index in [4.69, 9.17) is 0 Å². The fourth-order valence-corrected chi connectivity index (χ4v) is 1.98. The van der Waals surface area contributed by atoms with Crippen molar-refractivity contribution in [2.24, 2.45) is 5.41 Å². The summed E-state index contributed by atoms with van der Waals surface area (Å²) in [7, 11) is 0. The summed E-state index contributed by atoms with van der Waals surface area (Å²) < 4.78 is 0. The summed E-state index contributed by atoms with van der Waals surface area (Å²) in [6, 6.07) is 9.59. The Kier molecular flexibility index (Phi) is 7.05. The van der Waals surface area contributed by atoms with Crippen LogP contribution in [0, 0.1) is 5.41 Å². The van der Waals surface area contributed by atoms with Crippen LogP contribution in [0.25, 0.3) is 0 Å². The van der Waals surface area contributed by atoms with Gasteiger partial charge in [-0.05, 0) is 11.0 Å². The minimum Gasteiger partial charge on any atom is -0.391 e. The Morgan fingerprint density at radius 2 is 1.73 bits per heavy atom. The second kappa shape index (κ2) is 8.54. The second-order valence-electron chi connectivity index (χ2n) is 6.66. The van der Waals surface area contributed by atoms with Crippen LogP contribution in [0.15, 0.2) is 30.3 Å². The van der Waals surface area contributed by atoms with Crippen LogP contribution in [-0.2, 0) is 16.0 Å². The van der Waals surface area contributed by atoms with Crippen molar-refractivity contribution in [2.75, 3.05) is 13.1 Å². The van der Waals surface area contributed by atoms with Crippen LogP contribution in [-0.4, -0.2) is 36.1 Å². The van der Waals surface area contributed by atoms with Gasteiger partial charge >= 0.3 is 0 Å². The molecule has 5 heteroatoms. The van der Waals surface area contributed by atoms with Gasteiger partial charge in [-0.15, -0.1) is 0 Å². The summed E-state index contributed by atoms with van der Waals surface area (Å²) in [4.78, 5) is 23.2. The number of hydrogen-bond donors (Lipinski definition) is 3. The molecule has 0 saturated carbocycles. The van der Waals surface area contributed by atoms with Crippen molar-refractivity contribution < 1.29 is 14.7 Å². The zero-order valence-corrected chi connectivity index (χ0v) is 13.6. The molecule has 2 amide bonds. The highest BCUT2D eigenvalue weighted by Gasteiger charge is 2.16. The Labute approximate surface area is 132 Å². The van der Waals surface area contributed by atoms with Crippen molar-refractivity contribution >= 4 is 11.8 Å². The van der Waals surface area contributed by atoms with Crippen molar-refractivity contribution in [3.05, 3.63) is 35.9 Å². The molecule has 0 bridgehead atoms. The first-order valence-corrected chi connectivity index (χ1v) is 7.51. The van der Waals surface area contributed by atoms with E-state index in [9.17, 15) is 14.7 Å². The van der Waals surface area contributed by atoms with Gasteiger partial charge in [0, 0.05) is 19.4 Å². The molecule has 3 N–H and O–H groups in total. The number of carbonyl (C=O) groups is 2. The molecule has 22 heavy (non-hydrogen) atoms. The summed E-state index contributed by atoms with van der Waals surface area (Å²) >= 11 is 0. The second-order valence-corrected chi connectivity index (χ2v) is 6.66. The molecule has 1 aromatic rings. The first kappa shape index (κ1) is 18.2. The Balaban J connectivity index is 2.21. The molecule has 5 nitrogen and oxygen atoms in total. The average molecular weight is 306 g/mol. The third kappa shape index (κ3) is 8.42. The minimum atomic E-state index is -0.642. The van der Waals surface area contributed by atoms with Crippen molar-refractivity contribution in [1.82, 2.24) is 10.6 Å². The number of aliphatic hydroxyl groups excluding tert-OH is 1. The van der Waals surface area contributed by atoms with Crippen LogP contribution < -0.4 is 10.6 Å². The van der Waals surface area contributed by atoms with Crippen molar-refractivity contribution in [3.63, 3.8) is 0 Å². The number of nitrogens with one attached hydrogen (secondary N) is 2. The molecule has 122 valence electrons. The Hall–Kier alpha value is -1.88. The highest BCUT2D eigenvalue weighted by molar-refractivity contribution is 5.84. The molecule has 0 spiro atoms. The van der Waals surface area contributed by atoms with E-state index < -0.39 is 6.10 Å². The highest BCUT2D eigenvalue weighted by atomic mass is 16.3. The van der Waals surface area contributed by atoms with Gasteiger partial charge in [-0.3, -0.25) is 9.59 Å². The first-order valence-electron chi connectivity index (χ1n) is 7.51. The number of carbonyl (C=O) groups excluding carboxylic acids is 2. The predicted octanol–water partition coefficient (Wildman–Crippen LogP) is 1.26. The van der Waals surface area contributed by atoms with Crippen LogP contribution in [0.3, 0.4) is 0 Å². The van der Waals surface area contributed by atoms with Gasteiger partial charge in [-0.1, -0.05) is 51.1 Å². The molecule has 1 aromatic carbocycles. The Bertz CT molecular complexity index is 480. The van der Waals surface area contributed by atoms with Gasteiger partial charge in [0.05, 0.1) is 12.6 Å². The van der Waals surface area contributed by atoms with E-state index in [1.54, 1.807) is 0 Å². The largest absolute Gasteiger partial charge is 0.391 e. The molecule has 0 aliphatic heterocycles. The molecular formula is C17H26N2O3. The maximum atomic E-state index is 11.6. The standard InChI is InChI=1S/C17H26N2O3/c1-17(2,3)10-15(21)19-12-16(22)18-11-14(20)9-13-7-5-4-6-8-13/h4-8,14,20H,9-12H2,1-3H3,(H,18,22)(H,19,21). The topological polar surface area (TPSA) is 78.4 Å². The van der Waals surface area contributed by atoms with Crippen LogP contribution in [0.4, 0.5) is 0 Å². The third-order valence-electron chi connectivity index (χ3n) is 2.99. The van der Waals surface area contributed by atoms with Crippen LogP contribution in [0.2, 0.25) is 0 Å². The summed E-state index contributed by atoms with van der Waals surface area (Å²) in [5, 5.41) is 15.1. The van der Waals surface area contributed by atoms with Gasteiger partial charge in [0.25, 0.3) is 0 Å². The third-order valence-corrected chi connectivity index (χ3v) is 2.99. The van der Waals surface area contributed by atoms with Crippen LogP contribution >= 0.6 is 0 Å². The van der Waals surface area contributed by atoms with Gasteiger partial charge in [-0.25, -0.2) is 0 Å². The lowest BCUT2D eigenvalue weighted by Gasteiger charge is -2.17. The average Bonchev–Trinajstić information content (AvgIpc) is 2.42. The van der Waals surface area contributed by atoms with Gasteiger partial charge < -0.3 is 15.7 Å². The first-order chi connectivity index (χ1) is 10.3. The van der Waals surface area contributed by atoms with Crippen LogP contribution in [0.1, 0.15) is 32.8 Å². The molecule has 0 saturated heterocycles. The summed E-state index contributed by atoms with van der Waals surface area (Å²) in [5.74, 6) is -0.443. The molecule has 0 aliphatic carbocycles. The maximum absolute atomic E-state index is 11.6. The molecule has 0 fully saturated rings. The molecule has 0 aliphatic rings. The number of hydrogen-bond acceptors (Lipinski definition) is 3. The minimum absolute atomic E-state index is 0.0625. The lowest BCUT2D eigenvalue weighted by atomic mass is 9.92. The monoisotopic (exact) mass is 306 g/mol. The van der Waals surface area contributed by atoms with Gasteiger partial charge in [0.2, 0.25) is 11.8 Å². The van der Waals surface area contributed by atoms with E-state index in [1.807, 2.05) is 51.1 Å². The summed E-state index contributed by atoms with van der Waals surface area (Å²) in [6.45, 7) is 6.00. The highest BCUT2D eigenvalue weighted by Crippen LogP contribution is 2.17. The van der Waals surface area contributed by atoms with E-state index in [2.05, 4.69) is 10.6 Å². The van der Waals surface area contributed by atoms with Gasteiger partial charge in [-0.2, -0.15) is 0 Å². The molecule has 0 heterocycles. The van der Waals surface area contributed by atoms with E-state index in [-0.39, 0.29) is 30.3 Å². The zero-order valence-electron chi connectivity index (χ0n) is 13.6. The fraction of sp³-hybridized carbons (Fsp3) is 0.529.